The highest BCUT2D eigenvalue weighted by molar-refractivity contribution is 6.31. The summed E-state index contributed by atoms with van der Waals surface area (Å²) in [5.74, 6) is -0.712. The Morgan fingerprint density at radius 2 is 2.00 bits per heavy atom. The van der Waals surface area contributed by atoms with E-state index >= 15 is 0 Å². The highest BCUT2D eigenvalue weighted by atomic mass is 35.5. The lowest BCUT2D eigenvalue weighted by Crippen LogP contribution is -2.15. The zero-order valence-electron chi connectivity index (χ0n) is 15.1. The number of anilines is 1. The number of aromatic nitrogens is 2. The van der Waals surface area contributed by atoms with Crippen molar-refractivity contribution in [1.82, 2.24) is 9.78 Å². The molecule has 144 valence electrons. The number of carbonyl (C=O) groups is 1. The van der Waals surface area contributed by atoms with Gasteiger partial charge in [-0.3, -0.25) is 19.6 Å². The van der Waals surface area contributed by atoms with E-state index in [2.05, 4.69) is 10.4 Å². The number of benzene rings is 2. The third-order valence-corrected chi connectivity index (χ3v) is 4.69. The number of nitro groups is 1. The van der Waals surface area contributed by atoms with Gasteiger partial charge < -0.3 is 5.32 Å². The van der Waals surface area contributed by atoms with Gasteiger partial charge in [0, 0.05) is 39.5 Å². The molecule has 0 saturated carbocycles. The van der Waals surface area contributed by atoms with Crippen molar-refractivity contribution in [1.29, 1.82) is 0 Å². The fourth-order valence-corrected chi connectivity index (χ4v) is 3.04. The first-order valence-corrected chi connectivity index (χ1v) is 8.68. The molecule has 3 rings (SSSR count). The smallest absolute Gasteiger partial charge is 0.273 e. The van der Waals surface area contributed by atoms with Gasteiger partial charge >= 0.3 is 0 Å². The van der Waals surface area contributed by atoms with E-state index in [1.165, 1.54) is 41.9 Å². The number of hydrogen-bond acceptors (Lipinski definition) is 4. The van der Waals surface area contributed by atoms with Crippen LogP contribution in [0, 0.1) is 29.8 Å². The minimum atomic E-state index is -0.539. The van der Waals surface area contributed by atoms with Crippen LogP contribution in [0.25, 0.3) is 0 Å². The molecule has 0 aliphatic carbocycles. The van der Waals surface area contributed by atoms with E-state index in [4.69, 9.17) is 11.6 Å². The SMILES string of the molecule is Cc1c(C(=O)Nc2cc(C)n(Cc3c(F)cccc3Cl)n2)cccc1[N+](=O)[O-]. The van der Waals surface area contributed by atoms with Crippen LogP contribution in [0.4, 0.5) is 15.9 Å². The molecule has 7 nitrogen and oxygen atoms in total. The molecule has 0 bridgehead atoms. The van der Waals surface area contributed by atoms with Gasteiger partial charge in [-0.25, -0.2) is 4.39 Å². The summed E-state index contributed by atoms with van der Waals surface area (Å²) in [7, 11) is 0. The minimum absolute atomic E-state index is 0.100. The molecule has 0 saturated heterocycles. The number of hydrogen-bond donors (Lipinski definition) is 1. The Bertz CT molecular complexity index is 1060. The van der Waals surface area contributed by atoms with Crippen LogP contribution < -0.4 is 5.32 Å². The number of halogens is 2. The standard InChI is InChI=1S/C19H16ClFN4O3/c1-11-9-18(23-24(11)10-14-15(20)6-4-7-16(14)21)22-19(26)13-5-3-8-17(12(13)2)25(27)28/h3-9H,10H2,1-2H3,(H,22,23,26). The maximum absolute atomic E-state index is 14.0. The fourth-order valence-electron chi connectivity index (χ4n) is 2.82. The number of rotatable bonds is 5. The van der Waals surface area contributed by atoms with Crippen molar-refractivity contribution < 1.29 is 14.1 Å². The van der Waals surface area contributed by atoms with Crippen molar-refractivity contribution in [3.63, 3.8) is 0 Å². The molecule has 28 heavy (non-hydrogen) atoms. The first kappa shape index (κ1) is 19.5. The average Bonchev–Trinajstić information content (AvgIpc) is 2.97. The van der Waals surface area contributed by atoms with Gasteiger partial charge in [-0.2, -0.15) is 5.10 Å². The molecule has 0 aliphatic rings. The predicted octanol–water partition coefficient (Wildman–Crippen LogP) is 4.50. The molecule has 0 radical (unpaired) electrons. The Hall–Kier alpha value is -3.26. The summed E-state index contributed by atoms with van der Waals surface area (Å²) in [6.45, 7) is 3.37. The fraction of sp³-hybridized carbons (Fsp3) is 0.158. The summed E-state index contributed by atoms with van der Waals surface area (Å²) in [5, 5.41) is 18.2. The van der Waals surface area contributed by atoms with Gasteiger partial charge in [-0.05, 0) is 32.0 Å². The van der Waals surface area contributed by atoms with Gasteiger partial charge in [-0.15, -0.1) is 0 Å². The number of aryl methyl sites for hydroxylation is 1. The normalized spacial score (nSPS) is 10.7. The minimum Gasteiger partial charge on any atom is -0.305 e. The number of amides is 1. The van der Waals surface area contributed by atoms with E-state index in [-0.39, 0.29) is 34.2 Å². The summed E-state index contributed by atoms with van der Waals surface area (Å²) < 4.78 is 15.5. The largest absolute Gasteiger partial charge is 0.305 e. The van der Waals surface area contributed by atoms with Crippen LogP contribution in [0.15, 0.2) is 42.5 Å². The summed E-state index contributed by atoms with van der Waals surface area (Å²) in [6.07, 6.45) is 0. The van der Waals surface area contributed by atoms with Gasteiger partial charge in [0.05, 0.1) is 11.5 Å². The highest BCUT2D eigenvalue weighted by Crippen LogP contribution is 2.23. The van der Waals surface area contributed by atoms with E-state index in [1.807, 2.05) is 0 Å². The van der Waals surface area contributed by atoms with Gasteiger partial charge in [-0.1, -0.05) is 23.7 Å². The van der Waals surface area contributed by atoms with Gasteiger partial charge in [0.15, 0.2) is 5.82 Å². The maximum Gasteiger partial charge on any atom is 0.273 e. The Morgan fingerprint density at radius 1 is 1.29 bits per heavy atom. The quantitative estimate of drug-likeness (QED) is 0.502. The summed E-state index contributed by atoms with van der Waals surface area (Å²) in [5.41, 5.74) is 1.29. The number of nitrogens with one attached hydrogen (secondary N) is 1. The van der Waals surface area contributed by atoms with Crippen LogP contribution in [-0.4, -0.2) is 20.6 Å². The molecule has 0 atom stereocenters. The van der Waals surface area contributed by atoms with E-state index in [1.54, 1.807) is 19.1 Å². The molecule has 2 aromatic carbocycles. The molecule has 1 amide bonds. The Kier molecular flexibility index (Phi) is 5.41. The molecule has 0 aliphatic heterocycles. The summed E-state index contributed by atoms with van der Waals surface area (Å²) >= 11 is 6.05. The Labute approximate surface area is 164 Å². The van der Waals surface area contributed by atoms with Crippen LogP contribution in [0.1, 0.15) is 27.2 Å². The van der Waals surface area contributed by atoms with Crippen LogP contribution in [-0.2, 0) is 6.54 Å². The van der Waals surface area contributed by atoms with Crippen LogP contribution in [0.3, 0.4) is 0 Å². The van der Waals surface area contributed by atoms with Crippen molar-refractivity contribution >= 4 is 29.0 Å². The number of nitro benzene ring substituents is 1. The van der Waals surface area contributed by atoms with Crippen LogP contribution in [0.5, 0.6) is 0 Å². The van der Waals surface area contributed by atoms with E-state index < -0.39 is 16.6 Å². The highest BCUT2D eigenvalue weighted by Gasteiger charge is 2.19. The zero-order valence-corrected chi connectivity index (χ0v) is 15.8. The zero-order chi connectivity index (χ0) is 20.4. The second-order valence-corrected chi connectivity index (χ2v) is 6.60. The van der Waals surface area contributed by atoms with Crippen molar-refractivity contribution in [2.45, 2.75) is 20.4 Å². The third kappa shape index (κ3) is 3.86. The molecule has 3 aromatic rings. The first-order chi connectivity index (χ1) is 13.3. The molecule has 0 unspecified atom stereocenters. The molecule has 0 spiro atoms. The second kappa shape index (κ2) is 7.77. The predicted molar refractivity (Wildman–Crippen MR) is 103 cm³/mol. The van der Waals surface area contributed by atoms with Gasteiger partial charge in [0.1, 0.15) is 5.82 Å². The topological polar surface area (TPSA) is 90.1 Å². The third-order valence-electron chi connectivity index (χ3n) is 4.34. The number of carbonyl (C=O) groups excluding carboxylic acids is 1. The molecule has 9 heteroatoms. The van der Waals surface area contributed by atoms with E-state index in [0.717, 1.165) is 0 Å². The van der Waals surface area contributed by atoms with Crippen molar-refractivity contribution in [3.8, 4) is 0 Å². The molecule has 1 N–H and O–H groups in total. The maximum atomic E-state index is 14.0. The molecule has 0 fully saturated rings. The molecule has 1 heterocycles. The monoisotopic (exact) mass is 402 g/mol. The van der Waals surface area contributed by atoms with Crippen LogP contribution in [0.2, 0.25) is 5.02 Å². The van der Waals surface area contributed by atoms with Gasteiger partial charge in [0.25, 0.3) is 11.6 Å². The van der Waals surface area contributed by atoms with Crippen molar-refractivity contribution in [2.24, 2.45) is 0 Å². The second-order valence-electron chi connectivity index (χ2n) is 6.19. The Morgan fingerprint density at radius 3 is 2.68 bits per heavy atom. The van der Waals surface area contributed by atoms with E-state index in [9.17, 15) is 19.3 Å². The molecular weight excluding hydrogens is 387 g/mol. The summed E-state index contributed by atoms with van der Waals surface area (Å²) in [4.78, 5) is 23.0. The first-order valence-electron chi connectivity index (χ1n) is 8.30. The lowest BCUT2D eigenvalue weighted by molar-refractivity contribution is -0.385. The lowest BCUT2D eigenvalue weighted by atomic mass is 10.1. The Balaban J connectivity index is 1.83. The molecular formula is C19H16ClFN4O3. The number of nitrogens with zero attached hydrogens (tertiary/aromatic N) is 3. The van der Waals surface area contributed by atoms with Crippen molar-refractivity contribution in [2.75, 3.05) is 5.32 Å². The summed E-state index contributed by atoms with van der Waals surface area (Å²) in [6, 6.07) is 10.3. The van der Waals surface area contributed by atoms with Gasteiger partial charge in [0.2, 0.25) is 0 Å². The van der Waals surface area contributed by atoms with Crippen molar-refractivity contribution in [3.05, 3.63) is 85.8 Å². The molecule has 1 aromatic heterocycles. The average molecular weight is 403 g/mol. The lowest BCUT2D eigenvalue weighted by Gasteiger charge is -2.08. The van der Waals surface area contributed by atoms with E-state index in [0.29, 0.717) is 11.3 Å². The van der Waals surface area contributed by atoms with Crippen LogP contribution >= 0.6 is 11.6 Å².